The van der Waals surface area contributed by atoms with E-state index in [9.17, 15) is 29.1 Å². The number of nitrogens with one attached hydrogen (secondary N) is 4. The Bertz CT molecular complexity index is 2500. The summed E-state index contributed by atoms with van der Waals surface area (Å²) in [5, 5.41) is 31.6. The lowest BCUT2D eigenvalue weighted by atomic mass is 9.86. The molecule has 0 spiro atoms. The van der Waals surface area contributed by atoms with Gasteiger partial charge in [-0.3, -0.25) is 24.0 Å². The van der Waals surface area contributed by atoms with Crippen LogP contribution in [0.15, 0.2) is 54.6 Å². The zero-order chi connectivity index (χ0) is 49.2. The summed E-state index contributed by atoms with van der Waals surface area (Å²) in [5.41, 5.74) is 21.4. The standard InChI is InChI=1S/C48H61N11O8/c1-26-39(27(2)55-42(54-26)30-9-11-32(12-10-30)48(4,5)6)45(63)57-35(14-15-49)47(65)59(7)40-31-24-34(41(60)38(25-31)67-21-18-52)33-22-29(8-13-37(33)66-20-17-51)23-36(44(62)53-19-16-50)58-43(61)28(3)56-46(40)64/h8-13,22,24-25,28,35-36,40,60H,14-15,17-21,23,49,51-52H2,1-7H3,(H,53,62)(H,56,64)(H,57,63)(H,58,61)/t28-,35?,36-,40-/m0/s1. The second-order valence-electron chi connectivity index (χ2n) is 17.3. The molecule has 4 bridgehead atoms. The number of hydrogen-bond donors (Lipinski definition) is 8. The molecule has 19 heteroatoms. The lowest BCUT2D eigenvalue weighted by molar-refractivity contribution is -0.141. The van der Waals surface area contributed by atoms with Gasteiger partial charge in [-0.2, -0.15) is 5.26 Å². The highest BCUT2D eigenvalue weighted by Crippen LogP contribution is 2.44. The molecular weight excluding hydrogens is 859 g/mol. The number of ether oxygens (including phenoxy) is 2. The van der Waals surface area contributed by atoms with Crippen LogP contribution in [0.5, 0.6) is 17.2 Å². The van der Waals surface area contributed by atoms with Crippen LogP contribution in [0.3, 0.4) is 0 Å². The maximum Gasteiger partial charge on any atom is 0.255 e. The summed E-state index contributed by atoms with van der Waals surface area (Å²) in [6.45, 7) is 11.0. The number of phenols is 1. The molecule has 0 saturated heterocycles. The molecule has 1 aliphatic heterocycles. The molecule has 0 aliphatic carbocycles. The molecule has 4 atom stereocenters. The van der Waals surface area contributed by atoms with E-state index in [4.69, 9.17) is 31.9 Å². The van der Waals surface area contributed by atoms with Gasteiger partial charge in [0.25, 0.3) is 5.91 Å². The highest BCUT2D eigenvalue weighted by molar-refractivity contribution is 6.00. The van der Waals surface area contributed by atoms with Crippen molar-refractivity contribution in [2.24, 2.45) is 17.2 Å². The molecule has 1 aromatic heterocycles. The fraction of sp³-hybridized carbons (Fsp3) is 0.417. The van der Waals surface area contributed by atoms with Crippen molar-refractivity contribution < 1.29 is 38.6 Å². The number of aromatic nitrogens is 2. The predicted octanol–water partition coefficient (Wildman–Crippen LogP) is 1.94. The molecule has 5 amide bonds. The fourth-order valence-corrected chi connectivity index (χ4v) is 7.70. The fourth-order valence-electron chi connectivity index (χ4n) is 7.70. The first kappa shape index (κ1) is 50.9. The Hall–Kier alpha value is -7.14. The van der Waals surface area contributed by atoms with Crippen LogP contribution in [0.25, 0.3) is 22.5 Å². The molecule has 0 radical (unpaired) electrons. The molecule has 1 unspecified atom stereocenters. The second-order valence-corrected chi connectivity index (χ2v) is 17.3. The number of likely N-dealkylation sites (N-methyl/N-ethyl adjacent to an activating group) is 1. The van der Waals surface area contributed by atoms with Crippen LogP contribution in [0.4, 0.5) is 0 Å². The number of hydrogen-bond acceptors (Lipinski definition) is 14. The average molecular weight is 920 g/mol. The zero-order valence-corrected chi connectivity index (χ0v) is 39.0. The zero-order valence-electron chi connectivity index (χ0n) is 39.0. The Morgan fingerprint density at radius 2 is 1.55 bits per heavy atom. The van der Waals surface area contributed by atoms with E-state index >= 15 is 0 Å². The number of nitrogens with two attached hydrogens (primary N) is 3. The summed E-state index contributed by atoms with van der Waals surface area (Å²) in [6.07, 6.45) is -0.117. The molecule has 67 heavy (non-hydrogen) atoms. The number of benzene rings is 3. The van der Waals surface area contributed by atoms with E-state index in [-0.39, 0.29) is 97.2 Å². The van der Waals surface area contributed by atoms with Crippen molar-refractivity contribution in [3.8, 4) is 45.8 Å². The third-order valence-electron chi connectivity index (χ3n) is 11.2. The molecule has 3 aromatic carbocycles. The van der Waals surface area contributed by atoms with Gasteiger partial charge < -0.3 is 57.9 Å². The number of aromatic hydroxyl groups is 1. The van der Waals surface area contributed by atoms with Crippen molar-refractivity contribution >= 4 is 29.5 Å². The smallest absolute Gasteiger partial charge is 0.255 e. The number of nitrogens with zero attached hydrogens (tertiary/aromatic N) is 4. The predicted molar refractivity (Wildman–Crippen MR) is 251 cm³/mol. The van der Waals surface area contributed by atoms with Gasteiger partial charge in [0, 0.05) is 43.2 Å². The first-order valence-electron chi connectivity index (χ1n) is 22.0. The van der Waals surface area contributed by atoms with Crippen LogP contribution in [-0.4, -0.2) is 114 Å². The minimum absolute atomic E-state index is 0.0397. The first-order valence-corrected chi connectivity index (χ1v) is 22.0. The quantitative estimate of drug-likeness (QED) is 0.0791. The van der Waals surface area contributed by atoms with Crippen molar-refractivity contribution in [2.45, 2.75) is 84.0 Å². The number of carbonyl (C=O) groups is 5. The number of fused-ring (bicyclic) bond motifs is 5. The Morgan fingerprint density at radius 3 is 2.15 bits per heavy atom. The second kappa shape index (κ2) is 22.4. The van der Waals surface area contributed by atoms with Crippen LogP contribution in [-0.2, 0) is 31.0 Å². The Labute approximate surface area is 390 Å². The van der Waals surface area contributed by atoms with Gasteiger partial charge in [0.05, 0.1) is 23.0 Å². The molecule has 0 fully saturated rings. The molecule has 19 nitrogen and oxygen atoms in total. The Balaban J connectivity index is 1.60. The normalized spacial score (nSPS) is 16.6. The van der Waals surface area contributed by atoms with Gasteiger partial charge in [-0.15, -0.1) is 0 Å². The summed E-state index contributed by atoms with van der Waals surface area (Å²) < 4.78 is 11.9. The number of carbonyl (C=O) groups excluding carboxylic acids is 5. The van der Waals surface area contributed by atoms with Crippen molar-refractivity contribution in [1.82, 2.24) is 36.1 Å². The van der Waals surface area contributed by atoms with Crippen LogP contribution in [0.1, 0.15) is 78.6 Å². The maximum absolute atomic E-state index is 14.8. The van der Waals surface area contributed by atoms with E-state index in [2.05, 4.69) is 52.0 Å². The van der Waals surface area contributed by atoms with Gasteiger partial charge >= 0.3 is 0 Å². The first-order chi connectivity index (χ1) is 31.8. The number of amides is 5. The van der Waals surface area contributed by atoms with E-state index in [1.807, 2.05) is 30.3 Å². The lowest BCUT2D eigenvalue weighted by Crippen LogP contribution is -2.56. The van der Waals surface area contributed by atoms with Crippen molar-refractivity contribution in [1.29, 1.82) is 5.26 Å². The van der Waals surface area contributed by atoms with Crippen LogP contribution >= 0.6 is 0 Å². The monoisotopic (exact) mass is 919 g/mol. The van der Waals surface area contributed by atoms with Crippen molar-refractivity contribution in [2.75, 3.05) is 46.4 Å². The molecule has 4 aromatic rings. The van der Waals surface area contributed by atoms with Crippen molar-refractivity contribution in [3.63, 3.8) is 0 Å². The van der Waals surface area contributed by atoms with Gasteiger partial charge in [0.2, 0.25) is 23.6 Å². The van der Waals surface area contributed by atoms with E-state index in [0.29, 0.717) is 22.8 Å². The topological polar surface area (TPSA) is 303 Å². The molecule has 356 valence electrons. The number of phenolic OH excluding ortho intramolecular Hbond substituents is 1. The van der Waals surface area contributed by atoms with Crippen LogP contribution < -0.4 is 47.9 Å². The summed E-state index contributed by atoms with van der Waals surface area (Å²) >= 11 is 0. The van der Waals surface area contributed by atoms with Crippen molar-refractivity contribution in [3.05, 3.63) is 88.2 Å². The molecule has 5 rings (SSSR count). The summed E-state index contributed by atoms with van der Waals surface area (Å²) in [4.78, 5) is 81.1. The van der Waals surface area contributed by atoms with Gasteiger partial charge in [-0.25, -0.2) is 9.97 Å². The minimum atomic E-state index is -1.55. The largest absolute Gasteiger partial charge is 0.504 e. The number of rotatable bonds is 15. The SMILES string of the molecule is Cc1nc(-c2ccc(C(C)(C)C)cc2)nc(C)c1C(=O)NC(CCN)C(=O)N(C)[C@@H]1C(=O)N[C@@H](C)C(=O)N[C@H](C(=O)NCC#N)Cc2ccc(OCCN)c(c2)-c2cc1cc(OCCN)c2O. The van der Waals surface area contributed by atoms with Gasteiger partial charge in [-0.05, 0) is 80.1 Å². The number of nitriles is 1. The molecular formula is C48H61N11O8. The molecule has 11 N–H and O–H groups in total. The third-order valence-corrected chi connectivity index (χ3v) is 11.2. The minimum Gasteiger partial charge on any atom is -0.504 e. The highest BCUT2D eigenvalue weighted by Gasteiger charge is 2.37. The highest BCUT2D eigenvalue weighted by atomic mass is 16.5. The number of aryl methyl sites for hydroxylation is 2. The van der Waals surface area contributed by atoms with Gasteiger partial charge in [0.1, 0.15) is 49.7 Å². The summed E-state index contributed by atoms with van der Waals surface area (Å²) in [6, 6.07) is 12.2. The maximum atomic E-state index is 14.8. The van der Waals surface area contributed by atoms with Crippen LogP contribution in [0.2, 0.25) is 0 Å². The summed E-state index contributed by atoms with van der Waals surface area (Å²) in [5.74, 6) is -3.39. The van der Waals surface area contributed by atoms with E-state index < -0.39 is 53.7 Å². The van der Waals surface area contributed by atoms with E-state index in [1.54, 1.807) is 32.0 Å². The molecule has 0 saturated carbocycles. The Kier molecular flexibility index (Phi) is 17.0. The van der Waals surface area contributed by atoms with Crippen LogP contribution in [0, 0.1) is 25.2 Å². The molecule has 1 aliphatic rings. The lowest BCUT2D eigenvalue weighted by Gasteiger charge is -2.33. The van der Waals surface area contributed by atoms with E-state index in [1.165, 1.54) is 26.1 Å². The van der Waals surface area contributed by atoms with Gasteiger partial charge in [0.15, 0.2) is 17.3 Å². The van der Waals surface area contributed by atoms with E-state index in [0.717, 1.165) is 16.0 Å². The van der Waals surface area contributed by atoms with Gasteiger partial charge in [-0.1, -0.05) is 51.1 Å². The average Bonchev–Trinajstić information content (AvgIpc) is 3.28. The Morgan fingerprint density at radius 1 is 0.910 bits per heavy atom. The summed E-state index contributed by atoms with van der Waals surface area (Å²) in [7, 11) is 1.36. The molecule has 2 heterocycles. The third kappa shape index (κ3) is 12.2.